The molecule has 1 amide bonds. The molecule has 1 atom stereocenters. The fourth-order valence-electron chi connectivity index (χ4n) is 1.89. The number of nitrogens with zero attached hydrogens (tertiary/aromatic N) is 2. The highest BCUT2D eigenvalue weighted by Gasteiger charge is 2.23. The molecule has 0 aliphatic carbocycles. The molecular formula is C10H18N2O3. The number of rotatable bonds is 4. The molecule has 0 saturated carbocycles. The molecule has 15 heavy (non-hydrogen) atoms. The molecular weight excluding hydrogens is 196 g/mol. The van der Waals surface area contributed by atoms with Crippen molar-refractivity contribution in [2.45, 2.75) is 12.8 Å². The van der Waals surface area contributed by atoms with E-state index >= 15 is 0 Å². The number of hydrogen-bond acceptors (Lipinski definition) is 3. The van der Waals surface area contributed by atoms with Gasteiger partial charge in [-0.15, -0.1) is 0 Å². The highest BCUT2D eigenvalue weighted by molar-refractivity contribution is 5.81. The number of amides is 1. The van der Waals surface area contributed by atoms with Crippen LogP contribution in [0.1, 0.15) is 12.8 Å². The molecule has 0 aromatic carbocycles. The topological polar surface area (TPSA) is 60.9 Å². The molecule has 1 saturated heterocycles. The highest BCUT2D eigenvalue weighted by atomic mass is 16.4. The molecule has 0 aromatic heterocycles. The second-order valence-electron chi connectivity index (χ2n) is 4.26. The summed E-state index contributed by atoms with van der Waals surface area (Å²) in [6.07, 6.45) is 1.50. The molecule has 0 bridgehead atoms. The lowest BCUT2D eigenvalue weighted by Crippen LogP contribution is -2.33. The van der Waals surface area contributed by atoms with Crippen molar-refractivity contribution in [3.8, 4) is 0 Å². The van der Waals surface area contributed by atoms with E-state index in [0.717, 1.165) is 19.5 Å². The highest BCUT2D eigenvalue weighted by Crippen LogP contribution is 2.18. The average Bonchev–Trinajstić information content (AvgIpc) is 2.50. The number of carbonyl (C=O) groups excluding carboxylic acids is 1. The van der Waals surface area contributed by atoms with Crippen LogP contribution in [0.3, 0.4) is 0 Å². The summed E-state index contributed by atoms with van der Waals surface area (Å²) in [7, 11) is 3.57. The summed E-state index contributed by atoms with van der Waals surface area (Å²) in [6, 6.07) is 0. The minimum atomic E-state index is -0.964. The Labute approximate surface area is 89.7 Å². The SMILES string of the molecule is CN1CCC(CC(=O)N(C)CC(=O)O)C1. The monoisotopic (exact) mass is 214 g/mol. The molecule has 5 nitrogen and oxygen atoms in total. The van der Waals surface area contributed by atoms with Crippen LogP contribution < -0.4 is 0 Å². The van der Waals surface area contributed by atoms with Crippen LogP contribution in [0.5, 0.6) is 0 Å². The second kappa shape index (κ2) is 5.11. The molecule has 1 aliphatic rings. The third kappa shape index (κ3) is 3.87. The van der Waals surface area contributed by atoms with E-state index in [2.05, 4.69) is 4.90 Å². The van der Waals surface area contributed by atoms with Crippen LogP contribution in [0.4, 0.5) is 0 Å². The lowest BCUT2D eigenvalue weighted by Gasteiger charge is -2.17. The Kier molecular flexibility index (Phi) is 4.08. The van der Waals surface area contributed by atoms with E-state index in [4.69, 9.17) is 5.11 Å². The number of likely N-dealkylation sites (tertiary alicyclic amines) is 1. The molecule has 1 unspecified atom stereocenters. The van der Waals surface area contributed by atoms with Gasteiger partial charge in [-0.3, -0.25) is 9.59 Å². The van der Waals surface area contributed by atoms with E-state index < -0.39 is 5.97 Å². The smallest absolute Gasteiger partial charge is 0.323 e. The van der Waals surface area contributed by atoms with Gasteiger partial charge in [0.2, 0.25) is 5.91 Å². The first-order chi connectivity index (χ1) is 6.99. The quantitative estimate of drug-likeness (QED) is 0.708. The van der Waals surface area contributed by atoms with Gasteiger partial charge < -0.3 is 14.9 Å². The van der Waals surface area contributed by atoms with Crippen LogP contribution in [-0.4, -0.2) is 60.5 Å². The maximum absolute atomic E-state index is 11.6. The van der Waals surface area contributed by atoms with Crippen LogP contribution in [0.2, 0.25) is 0 Å². The van der Waals surface area contributed by atoms with Gasteiger partial charge in [0, 0.05) is 20.0 Å². The Bertz CT molecular complexity index is 255. The van der Waals surface area contributed by atoms with Gasteiger partial charge in [-0.05, 0) is 25.9 Å². The number of carboxylic acid groups (broad SMARTS) is 1. The van der Waals surface area contributed by atoms with Gasteiger partial charge in [-0.2, -0.15) is 0 Å². The fourth-order valence-corrected chi connectivity index (χ4v) is 1.89. The van der Waals surface area contributed by atoms with Crippen LogP contribution in [0, 0.1) is 5.92 Å². The zero-order valence-corrected chi connectivity index (χ0v) is 9.27. The summed E-state index contributed by atoms with van der Waals surface area (Å²) in [5.74, 6) is -0.647. The first-order valence-corrected chi connectivity index (χ1v) is 5.13. The van der Waals surface area contributed by atoms with Gasteiger partial charge in [0.15, 0.2) is 0 Å². The molecule has 0 spiro atoms. The van der Waals surface area contributed by atoms with Gasteiger partial charge in [0.25, 0.3) is 0 Å². The van der Waals surface area contributed by atoms with Gasteiger partial charge in [-0.1, -0.05) is 0 Å². The van der Waals surface area contributed by atoms with E-state index in [-0.39, 0.29) is 12.5 Å². The minimum absolute atomic E-state index is 0.0716. The predicted octanol–water partition coefficient (Wildman–Crippen LogP) is -0.129. The van der Waals surface area contributed by atoms with E-state index in [9.17, 15) is 9.59 Å². The largest absolute Gasteiger partial charge is 0.480 e. The lowest BCUT2D eigenvalue weighted by atomic mass is 10.0. The van der Waals surface area contributed by atoms with Crippen molar-refractivity contribution in [2.75, 3.05) is 33.7 Å². The third-order valence-corrected chi connectivity index (χ3v) is 2.75. The van der Waals surface area contributed by atoms with Gasteiger partial charge in [0.05, 0.1) is 0 Å². The first-order valence-electron chi connectivity index (χ1n) is 5.13. The van der Waals surface area contributed by atoms with Crippen molar-refractivity contribution in [2.24, 2.45) is 5.92 Å². The van der Waals surface area contributed by atoms with Crippen molar-refractivity contribution in [3.63, 3.8) is 0 Å². The summed E-state index contributed by atoms with van der Waals surface area (Å²) in [5.41, 5.74) is 0. The molecule has 1 fully saturated rings. The van der Waals surface area contributed by atoms with Crippen LogP contribution in [0.15, 0.2) is 0 Å². The lowest BCUT2D eigenvalue weighted by molar-refractivity contribution is -0.143. The predicted molar refractivity (Wildman–Crippen MR) is 55.5 cm³/mol. The molecule has 0 radical (unpaired) electrons. The molecule has 1 aliphatic heterocycles. The zero-order chi connectivity index (χ0) is 11.4. The minimum Gasteiger partial charge on any atom is -0.480 e. The Hall–Kier alpha value is -1.10. The standard InChI is InChI=1S/C10H18N2O3/c1-11-4-3-8(6-11)5-9(13)12(2)7-10(14)15/h8H,3-7H2,1-2H3,(H,14,15). The number of carbonyl (C=O) groups is 2. The molecule has 1 N–H and O–H groups in total. The number of aliphatic carboxylic acids is 1. The van der Waals surface area contributed by atoms with Crippen molar-refractivity contribution >= 4 is 11.9 Å². The Morgan fingerprint density at radius 3 is 2.67 bits per heavy atom. The zero-order valence-electron chi connectivity index (χ0n) is 9.27. The molecule has 5 heteroatoms. The summed E-state index contributed by atoms with van der Waals surface area (Å²) >= 11 is 0. The fraction of sp³-hybridized carbons (Fsp3) is 0.800. The van der Waals surface area contributed by atoms with E-state index in [1.54, 1.807) is 0 Å². The van der Waals surface area contributed by atoms with Crippen LogP contribution in [0.25, 0.3) is 0 Å². The molecule has 1 rings (SSSR count). The van der Waals surface area contributed by atoms with Crippen molar-refractivity contribution in [1.82, 2.24) is 9.80 Å². The Balaban J connectivity index is 2.31. The third-order valence-electron chi connectivity index (χ3n) is 2.75. The van der Waals surface area contributed by atoms with Crippen molar-refractivity contribution < 1.29 is 14.7 Å². The summed E-state index contributed by atoms with van der Waals surface area (Å²) < 4.78 is 0. The van der Waals surface area contributed by atoms with Gasteiger partial charge >= 0.3 is 5.97 Å². The maximum Gasteiger partial charge on any atom is 0.323 e. The van der Waals surface area contributed by atoms with E-state index in [1.165, 1.54) is 11.9 Å². The number of carboxylic acids is 1. The second-order valence-corrected chi connectivity index (χ2v) is 4.26. The van der Waals surface area contributed by atoms with E-state index in [1.807, 2.05) is 7.05 Å². The normalized spacial score (nSPS) is 21.6. The summed E-state index contributed by atoms with van der Waals surface area (Å²) in [5, 5.41) is 8.53. The summed E-state index contributed by atoms with van der Waals surface area (Å²) in [6.45, 7) is 1.76. The van der Waals surface area contributed by atoms with Crippen LogP contribution >= 0.6 is 0 Å². The molecule has 1 heterocycles. The van der Waals surface area contributed by atoms with Gasteiger partial charge in [0.1, 0.15) is 6.54 Å². The van der Waals surface area contributed by atoms with Gasteiger partial charge in [-0.25, -0.2) is 0 Å². The maximum atomic E-state index is 11.6. The summed E-state index contributed by atoms with van der Waals surface area (Å²) in [4.78, 5) is 25.5. The van der Waals surface area contributed by atoms with E-state index in [0.29, 0.717) is 12.3 Å². The van der Waals surface area contributed by atoms with Crippen molar-refractivity contribution in [3.05, 3.63) is 0 Å². The van der Waals surface area contributed by atoms with Crippen molar-refractivity contribution in [1.29, 1.82) is 0 Å². The molecule has 86 valence electrons. The Morgan fingerprint density at radius 2 is 2.20 bits per heavy atom. The molecule has 0 aromatic rings. The average molecular weight is 214 g/mol. The van der Waals surface area contributed by atoms with Crippen LogP contribution in [-0.2, 0) is 9.59 Å². The Morgan fingerprint density at radius 1 is 1.53 bits per heavy atom. The number of hydrogen-bond donors (Lipinski definition) is 1. The number of likely N-dealkylation sites (N-methyl/N-ethyl adjacent to an activating group) is 1. The first kappa shape index (κ1) is 12.0.